The number of carbonyl (C=O) groups is 4. The molecule has 1 heterocycles. The van der Waals surface area contributed by atoms with Crippen molar-refractivity contribution in [3.63, 3.8) is 0 Å². The molecule has 1 aliphatic rings. The molecule has 0 saturated heterocycles. The van der Waals surface area contributed by atoms with E-state index in [0.717, 1.165) is 24.1 Å². The lowest BCUT2D eigenvalue weighted by Crippen LogP contribution is -2.52. The van der Waals surface area contributed by atoms with Gasteiger partial charge in [-0.15, -0.1) is 0 Å². The molecule has 214 valence electrons. The van der Waals surface area contributed by atoms with Gasteiger partial charge in [-0.2, -0.15) is 0 Å². The maximum atomic E-state index is 12.7. The van der Waals surface area contributed by atoms with E-state index in [1.807, 2.05) is 24.3 Å². The number of hydrazine groups is 2. The molecule has 1 aromatic carbocycles. The minimum atomic E-state index is -1.13. The van der Waals surface area contributed by atoms with Gasteiger partial charge in [0.2, 0.25) is 5.91 Å². The Balaban J connectivity index is 1.88. The van der Waals surface area contributed by atoms with Crippen LogP contribution in [0.5, 0.6) is 0 Å². The first-order chi connectivity index (χ1) is 18.4. The number of hydrogen-bond acceptors (Lipinski definition) is 9. The number of amides is 4. The second-order valence-electron chi connectivity index (χ2n) is 9.44. The van der Waals surface area contributed by atoms with Crippen LogP contribution >= 0.6 is 11.8 Å². The van der Waals surface area contributed by atoms with Crippen LogP contribution < -0.4 is 32.2 Å². The molecular weight excluding hydrogens is 532 g/mol. The largest absolute Gasteiger partial charge is 0.444 e. The predicted octanol–water partition coefficient (Wildman–Crippen LogP) is 1.21. The fourth-order valence-electron chi connectivity index (χ4n) is 3.58. The Morgan fingerprint density at radius 2 is 1.95 bits per heavy atom. The number of ether oxygens (including phenoxy) is 1. The van der Waals surface area contributed by atoms with Crippen LogP contribution in [0.15, 0.2) is 29.3 Å². The summed E-state index contributed by atoms with van der Waals surface area (Å²) in [6.07, 6.45) is 1.12. The standard InChI is InChI=1S/C23H34N8O7S/c1-23(2,3)38-21(34)26-16(10-6-12-25-20(24)29-31(36)37)19(33)27-28-22(35)39-14-18(32)30-13-7-9-15-8-4-5-11-17(15)30/h4-5,8,11,16H,6-7,9-10,12-14H2,1-3H3,(H,26,34)(H,27,33)(H,28,35)(H3,24,25,29)/t16-/m1/s1. The average Bonchev–Trinajstić information content (AvgIpc) is 2.85. The number of hydrogen-bond donors (Lipinski definition) is 5. The lowest BCUT2D eigenvalue weighted by atomic mass is 10.0. The molecule has 15 nitrogen and oxygen atoms in total. The topological polar surface area (TPSA) is 210 Å². The molecule has 0 unspecified atom stereocenters. The van der Waals surface area contributed by atoms with E-state index in [1.165, 1.54) is 0 Å². The van der Waals surface area contributed by atoms with Gasteiger partial charge < -0.3 is 20.7 Å². The third-order valence-electron chi connectivity index (χ3n) is 5.17. The number of rotatable bonds is 9. The lowest BCUT2D eigenvalue weighted by Gasteiger charge is -2.29. The van der Waals surface area contributed by atoms with Crippen molar-refractivity contribution < 1.29 is 28.9 Å². The quantitative estimate of drug-likeness (QED) is 0.0948. The van der Waals surface area contributed by atoms with Crippen LogP contribution in [0.25, 0.3) is 0 Å². The first kappa shape index (κ1) is 31.1. The van der Waals surface area contributed by atoms with Gasteiger partial charge >= 0.3 is 6.09 Å². The highest BCUT2D eigenvalue weighted by molar-refractivity contribution is 8.14. The summed E-state index contributed by atoms with van der Waals surface area (Å²) in [6.45, 7) is 5.55. The third-order valence-corrected chi connectivity index (χ3v) is 5.93. The van der Waals surface area contributed by atoms with Gasteiger partial charge in [0.1, 0.15) is 11.6 Å². The second-order valence-corrected chi connectivity index (χ2v) is 10.4. The molecular formula is C23H34N8O7S. The van der Waals surface area contributed by atoms with E-state index in [1.54, 1.807) is 31.1 Å². The first-order valence-corrected chi connectivity index (χ1v) is 13.2. The van der Waals surface area contributed by atoms with Crippen LogP contribution in [0.2, 0.25) is 0 Å². The molecule has 0 aromatic heterocycles. The summed E-state index contributed by atoms with van der Waals surface area (Å²) in [6, 6.07) is 6.48. The van der Waals surface area contributed by atoms with Crippen molar-refractivity contribution in [3.05, 3.63) is 39.9 Å². The molecule has 4 amide bonds. The van der Waals surface area contributed by atoms with Gasteiger partial charge in [0.25, 0.3) is 17.1 Å². The van der Waals surface area contributed by atoms with Crippen molar-refractivity contribution in [1.29, 1.82) is 0 Å². The molecule has 0 radical (unpaired) electrons. The van der Waals surface area contributed by atoms with Crippen LogP contribution in [-0.4, -0.2) is 64.6 Å². The van der Waals surface area contributed by atoms with Crippen molar-refractivity contribution in [3.8, 4) is 0 Å². The van der Waals surface area contributed by atoms with E-state index < -0.39 is 39.9 Å². The van der Waals surface area contributed by atoms with Crippen molar-refractivity contribution >= 4 is 46.6 Å². The number of fused-ring (bicyclic) bond motifs is 1. The highest BCUT2D eigenvalue weighted by Crippen LogP contribution is 2.27. The third kappa shape index (κ3) is 11.5. The maximum absolute atomic E-state index is 12.7. The second kappa shape index (κ2) is 14.8. The highest BCUT2D eigenvalue weighted by atomic mass is 32.2. The zero-order valence-electron chi connectivity index (χ0n) is 22.0. The smallest absolute Gasteiger partial charge is 0.408 e. The van der Waals surface area contributed by atoms with E-state index in [-0.39, 0.29) is 31.0 Å². The summed E-state index contributed by atoms with van der Waals surface area (Å²) in [5.74, 6) is -1.52. The predicted molar refractivity (Wildman–Crippen MR) is 145 cm³/mol. The van der Waals surface area contributed by atoms with E-state index in [0.29, 0.717) is 18.3 Å². The number of anilines is 1. The normalized spacial score (nSPS) is 13.9. The molecule has 0 saturated carbocycles. The number of nitro groups is 1. The Morgan fingerprint density at radius 3 is 2.64 bits per heavy atom. The number of alkyl carbamates (subject to hydrolysis) is 1. The van der Waals surface area contributed by atoms with Gasteiger partial charge in [-0.3, -0.25) is 25.2 Å². The van der Waals surface area contributed by atoms with E-state index in [4.69, 9.17) is 10.5 Å². The minimum absolute atomic E-state index is 0.0242. The molecule has 6 N–H and O–H groups in total. The molecule has 2 rings (SSSR count). The zero-order chi connectivity index (χ0) is 29.0. The minimum Gasteiger partial charge on any atom is -0.444 e. The molecule has 1 atom stereocenters. The summed E-state index contributed by atoms with van der Waals surface area (Å²) in [5.41, 5.74) is 12.6. The number of nitrogens with two attached hydrogens (primary N) is 1. The van der Waals surface area contributed by atoms with Crippen molar-refractivity contribution in [2.75, 3.05) is 23.7 Å². The summed E-state index contributed by atoms with van der Waals surface area (Å²) < 4.78 is 5.18. The van der Waals surface area contributed by atoms with Crippen molar-refractivity contribution in [2.45, 2.75) is 58.1 Å². The van der Waals surface area contributed by atoms with Gasteiger partial charge in [-0.05, 0) is 58.1 Å². The number of guanidine groups is 1. The van der Waals surface area contributed by atoms with Crippen LogP contribution in [0.1, 0.15) is 45.6 Å². The number of nitrogens with zero attached hydrogens (tertiary/aromatic N) is 3. The number of aryl methyl sites for hydroxylation is 1. The SMILES string of the molecule is CC(C)(C)OC(=O)N[C@H](CCCN=C(N)N[N+](=O)[O-])C(=O)NNC(=O)SCC(=O)N1CCCc2ccccc21. The molecule has 0 bridgehead atoms. The van der Waals surface area contributed by atoms with Gasteiger partial charge in [0.05, 0.1) is 5.75 Å². The Bertz CT molecular complexity index is 1090. The fraction of sp³-hybridized carbons (Fsp3) is 0.522. The van der Waals surface area contributed by atoms with Crippen molar-refractivity contribution in [1.82, 2.24) is 21.6 Å². The summed E-state index contributed by atoms with van der Waals surface area (Å²) in [5, 5.41) is 11.3. The average molecular weight is 567 g/mol. The van der Waals surface area contributed by atoms with Gasteiger partial charge in [0.15, 0.2) is 5.03 Å². The molecule has 0 fully saturated rings. The summed E-state index contributed by atoms with van der Waals surface area (Å²) in [7, 11) is 0. The monoisotopic (exact) mass is 566 g/mol. The number of para-hydroxylation sites is 1. The number of aliphatic imine (C=N–C) groups is 1. The number of benzene rings is 1. The Morgan fingerprint density at radius 1 is 1.23 bits per heavy atom. The number of thioether (sulfide) groups is 1. The van der Waals surface area contributed by atoms with Crippen molar-refractivity contribution in [2.24, 2.45) is 10.7 Å². The molecule has 16 heteroatoms. The number of carbonyl (C=O) groups excluding carboxylic acids is 4. The number of nitrogens with one attached hydrogen (secondary N) is 4. The molecule has 1 aliphatic heterocycles. The Kier molecular flexibility index (Phi) is 11.8. The molecule has 0 spiro atoms. The molecule has 0 aliphatic carbocycles. The first-order valence-electron chi connectivity index (χ1n) is 12.2. The van der Waals surface area contributed by atoms with Crippen LogP contribution in [0, 0.1) is 10.1 Å². The molecule has 39 heavy (non-hydrogen) atoms. The van der Waals surface area contributed by atoms with Gasteiger partial charge in [0, 0.05) is 18.8 Å². The van der Waals surface area contributed by atoms with Gasteiger partial charge in [-0.25, -0.2) is 19.9 Å². The highest BCUT2D eigenvalue weighted by Gasteiger charge is 2.26. The maximum Gasteiger partial charge on any atom is 0.408 e. The Hall–Kier alpha value is -4.08. The van der Waals surface area contributed by atoms with E-state index in [9.17, 15) is 29.3 Å². The summed E-state index contributed by atoms with van der Waals surface area (Å²) in [4.78, 5) is 65.7. The Labute approximate surface area is 229 Å². The van der Waals surface area contributed by atoms with Gasteiger partial charge in [-0.1, -0.05) is 35.4 Å². The van der Waals surface area contributed by atoms with Crippen LogP contribution in [0.3, 0.4) is 0 Å². The molecule has 1 aromatic rings. The van der Waals surface area contributed by atoms with Crippen LogP contribution in [0.4, 0.5) is 15.3 Å². The zero-order valence-corrected chi connectivity index (χ0v) is 22.8. The van der Waals surface area contributed by atoms with Crippen LogP contribution in [-0.2, 0) is 20.7 Å². The van der Waals surface area contributed by atoms with E-state index >= 15 is 0 Å². The summed E-state index contributed by atoms with van der Waals surface area (Å²) >= 11 is 0.696. The van der Waals surface area contributed by atoms with E-state index in [2.05, 4.69) is 21.2 Å². The lowest BCUT2D eigenvalue weighted by molar-refractivity contribution is -0.525. The fourth-order valence-corrected chi connectivity index (χ4v) is 4.11.